The lowest BCUT2D eigenvalue weighted by Crippen LogP contribution is -2.46. The second-order valence-corrected chi connectivity index (χ2v) is 13.1. The van der Waals surface area contributed by atoms with Crippen molar-refractivity contribution in [2.45, 2.75) is 39.2 Å². The number of esters is 2. The molecule has 46 heavy (non-hydrogen) atoms. The van der Waals surface area contributed by atoms with E-state index in [0.29, 0.717) is 10.5 Å². The first kappa shape index (κ1) is 33.9. The smallest absolute Gasteiger partial charge is 0.338 e. The highest BCUT2D eigenvalue weighted by molar-refractivity contribution is 7.90. The van der Waals surface area contributed by atoms with Gasteiger partial charge in [0.25, 0.3) is 11.8 Å². The van der Waals surface area contributed by atoms with Gasteiger partial charge >= 0.3 is 11.9 Å². The van der Waals surface area contributed by atoms with Crippen LogP contribution in [0.2, 0.25) is 0 Å². The number of fused-ring (bicyclic) bond motifs is 1. The summed E-state index contributed by atoms with van der Waals surface area (Å²) in [5.41, 5.74) is 2.22. The minimum absolute atomic E-state index is 0.120. The van der Waals surface area contributed by atoms with Gasteiger partial charge in [-0.05, 0) is 48.6 Å². The largest absolute Gasteiger partial charge is 0.456 e. The number of imide groups is 1. The second kappa shape index (κ2) is 14.4. The number of nitrogens with zero attached hydrogens (tertiary/aromatic N) is 1. The van der Waals surface area contributed by atoms with Crippen LogP contribution in [-0.4, -0.2) is 79.9 Å². The maximum atomic E-state index is 13.5. The molecule has 0 fully saturated rings. The van der Waals surface area contributed by atoms with Crippen LogP contribution in [0.5, 0.6) is 0 Å². The molecule has 1 heterocycles. The Morgan fingerprint density at radius 3 is 1.67 bits per heavy atom. The number of aryl methyl sites for hydroxylation is 2. The first-order valence-corrected chi connectivity index (χ1v) is 16.7. The SMILES string of the molecule is CCc1ccc(C(=O)COC(=O)c2ccc3c(c2)C(=O)N([C@@H](CCS(C)(=O)=O)C(=O)OCC(=O)c2ccc(CC)cc2)C3=O)cc1. The molecule has 1 atom stereocenters. The van der Waals surface area contributed by atoms with Gasteiger partial charge in [0.05, 0.1) is 22.4 Å². The molecule has 0 unspecified atom stereocenters. The number of benzene rings is 3. The summed E-state index contributed by atoms with van der Waals surface area (Å²) in [5, 5.41) is 0. The monoisotopic (exact) mass is 647 g/mol. The Hall–Kier alpha value is -4.97. The van der Waals surface area contributed by atoms with Crippen molar-refractivity contribution in [1.82, 2.24) is 4.90 Å². The van der Waals surface area contributed by atoms with Crippen molar-refractivity contribution >= 4 is 45.2 Å². The van der Waals surface area contributed by atoms with Crippen LogP contribution in [0.15, 0.2) is 66.7 Å². The zero-order chi connectivity index (χ0) is 33.6. The van der Waals surface area contributed by atoms with Crippen LogP contribution in [0.1, 0.15) is 83.2 Å². The highest BCUT2D eigenvalue weighted by Gasteiger charge is 2.44. The number of ether oxygens (including phenoxy) is 2. The highest BCUT2D eigenvalue weighted by Crippen LogP contribution is 2.28. The molecule has 4 rings (SSSR count). The third-order valence-corrected chi connectivity index (χ3v) is 8.52. The van der Waals surface area contributed by atoms with Crippen LogP contribution >= 0.6 is 0 Å². The number of Topliss-reactive ketones (excluding diaryl/α,β-unsaturated/α-hetero) is 2. The van der Waals surface area contributed by atoms with Gasteiger partial charge in [-0.3, -0.25) is 24.1 Å². The number of carbonyl (C=O) groups is 6. The van der Waals surface area contributed by atoms with Gasteiger partial charge in [0.15, 0.2) is 24.8 Å². The molecular formula is C34H33NO10S. The molecule has 2 amide bonds. The summed E-state index contributed by atoms with van der Waals surface area (Å²) in [6.45, 7) is 2.68. The van der Waals surface area contributed by atoms with Crippen LogP contribution in [0, 0.1) is 0 Å². The van der Waals surface area contributed by atoms with Gasteiger partial charge in [0.1, 0.15) is 15.9 Å². The summed E-state index contributed by atoms with van der Waals surface area (Å²) in [5.74, 6) is -5.43. The molecule has 0 bridgehead atoms. The van der Waals surface area contributed by atoms with Crippen molar-refractivity contribution in [3.05, 3.63) is 106 Å². The summed E-state index contributed by atoms with van der Waals surface area (Å²) < 4.78 is 34.2. The first-order chi connectivity index (χ1) is 21.8. The van der Waals surface area contributed by atoms with E-state index in [0.717, 1.165) is 36.3 Å². The lowest BCUT2D eigenvalue weighted by atomic mass is 10.1. The molecule has 11 nitrogen and oxygen atoms in total. The average molecular weight is 648 g/mol. The molecule has 1 aliphatic heterocycles. The molecule has 0 aliphatic carbocycles. The van der Waals surface area contributed by atoms with E-state index in [2.05, 4.69) is 0 Å². The van der Waals surface area contributed by atoms with Gasteiger partial charge in [-0.15, -0.1) is 0 Å². The van der Waals surface area contributed by atoms with Crippen molar-refractivity contribution in [2.24, 2.45) is 0 Å². The zero-order valence-corrected chi connectivity index (χ0v) is 26.4. The molecular weight excluding hydrogens is 614 g/mol. The van der Waals surface area contributed by atoms with E-state index < -0.39 is 76.6 Å². The first-order valence-electron chi connectivity index (χ1n) is 14.6. The molecule has 0 saturated heterocycles. The van der Waals surface area contributed by atoms with Crippen molar-refractivity contribution in [1.29, 1.82) is 0 Å². The predicted octanol–water partition coefficient (Wildman–Crippen LogP) is 3.68. The van der Waals surface area contributed by atoms with Crippen molar-refractivity contribution in [3.63, 3.8) is 0 Å². The minimum Gasteiger partial charge on any atom is -0.456 e. The Morgan fingerprint density at radius 2 is 1.17 bits per heavy atom. The highest BCUT2D eigenvalue weighted by atomic mass is 32.2. The molecule has 0 aromatic heterocycles. The molecule has 0 spiro atoms. The van der Waals surface area contributed by atoms with Crippen LogP contribution in [0.4, 0.5) is 0 Å². The zero-order valence-electron chi connectivity index (χ0n) is 25.6. The molecule has 0 radical (unpaired) electrons. The number of sulfone groups is 1. The van der Waals surface area contributed by atoms with Gasteiger partial charge in [0, 0.05) is 17.4 Å². The van der Waals surface area contributed by atoms with Crippen molar-refractivity contribution < 1.29 is 46.7 Å². The number of ketones is 2. The summed E-state index contributed by atoms with van der Waals surface area (Å²) in [7, 11) is -3.63. The summed E-state index contributed by atoms with van der Waals surface area (Å²) in [6.07, 6.45) is 2.03. The summed E-state index contributed by atoms with van der Waals surface area (Å²) in [4.78, 5) is 78.4. The Morgan fingerprint density at radius 1 is 0.696 bits per heavy atom. The predicted molar refractivity (Wildman–Crippen MR) is 167 cm³/mol. The van der Waals surface area contributed by atoms with E-state index in [9.17, 15) is 37.2 Å². The van der Waals surface area contributed by atoms with Gasteiger partial charge in [-0.1, -0.05) is 62.4 Å². The molecule has 240 valence electrons. The van der Waals surface area contributed by atoms with E-state index in [1.165, 1.54) is 12.1 Å². The van der Waals surface area contributed by atoms with Crippen LogP contribution in [0.3, 0.4) is 0 Å². The molecule has 0 N–H and O–H groups in total. The number of hydrogen-bond donors (Lipinski definition) is 0. The second-order valence-electron chi connectivity index (χ2n) is 10.8. The fourth-order valence-corrected chi connectivity index (χ4v) is 5.47. The molecule has 1 aliphatic rings. The molecule has 0 saturated carbocycles. The number of rotatable bonds is 14. The normalized spacial score (nSPS) is 13.2. The van der Waals surface area contributed by atoms with Gasteiger partial charge in [-0.2, -0.15) is 0 Å². The fourth-order valence-electron chi connectivity index (χ4n) is 4.81. The Kier molecular flexibility index (Phi) is 10.6. The van der Waals surface area contributed by atoms with E-state index in [4.69, 9.17) is 9.47 Å². The summed E-state index contributed by atoms with van der Waals surface area (Å²) >= 11 is 0. The van der Waals surface area contributed by atoms with E-state index >= 15 is 0 Å². The van der Waals surface area contributed by atoms with Crippen LogP contribution < -0.4 is 0 Å². The summed E-state index contributed by atoms with van der Waals surface area (Å²) in [6, 6.07) is 15.4. The van der Waals surface area contributed by atoms with E-state index in [1.807, 2.05) is 13.8 Å². The lowest BCUT2D eigenvalue weighted by molar-refractivity contribution is -0.147. The quantitative estimate of drug-likeness (QED) is 0.144. The third kappa shape index (κ3) is 7.99. The number of carbonyl (C=O) groups excluding carboxylic acids is 6. The Balaban J connectivity index is 1.48. The number of amides is 2. The number of hydrogen-bond acceptors (Lipinski definition) is 10. The Bertz CT molecular complexity index is 1790. The molecule has 12 heteroatoms. The fraction of sp³-hybridized carbons (Fsp3) is 0.294. The van der Waals surface area contributed by atoms with Crippen LogP contribution in [-0.2, 0) is 36.9 Å². The van der Waals surface area contributed by atoms with Crippen molar-refractivity contribution in [2.75, 3.05) is 25.2 Å². The molecule has 3 aromatic carbocycles. The van der Waals surface area contributed by atoms with E-state index in [-0.39, 0.29) is 22.3 Å². The van der Waals surface area contributed by atoms with Gasteiger partial charge in [-0.25, -0.2) is 18.0 Å². The Labute approximate surface area is 266 Å². The maximum Gasteiger partial charge on any atom is 0.338 e. The lowest BCUT2D eigenvalue weighted by Gasteiger charge is -2.24. The van der Waals surface area contributed by atoms with Crippen molar-refractivity contribution in [3.8, 4) is 0 Å². The standard InChI is InChI=1S/C34H33NO10S/c1-4-21-6-10-23(11-7-21)29(36)19-44-33(40)25-14-15-26-27(18-25)32(39)35(31(26)38)28(16-17-46(3,42)43)34(41)45-20-30(37)24-12-8-22(5-2)9-13-24/h6-15,18,28H,4-5,16-17,19-20H2,1-3H3/t28-/m0/s1. The van der Waals surface area contributed by atoms with E-state index in [1.54, 1.807) is 48.5 Å². The average Bonchev–Trinajstić information content (AvgIpc) is 3.30. The minimum atomic E-state index is -3.63. The van der Waals surface area contributed by atoms with Gasteiger partial charge < -0.3 is 9.47 Å². The topological polar surface area (TPSA) is 158 Å². The third-order valence-electron chi connectivity index (χ3n) is 7.55. The van der Waals surface area contributed by atoms with Crippen LogP contribution in [0.25, 0.3) is 0 Å². The van der Waals surface area contributed by atoms with Gasteiger partial charge in [0.2, 0.25) is 0 Å². The molecule has 3 aromatic rings. The maximum absolute atomic E-state index is 13.5.